The third kappa shape index (κ3) is 0.536. The average Bonchev–Trinajstić information content (AvgIpc) is 2.19. The van der Waals surface area contributed by atoms with Crippen LogP contribution in [0.25, 0.3) is 0 Å². The highest BCUT2D eigenvalue weighted by Crippen LogP contribution is 2.62. The van der Waals surface area contributed by atoms with Crippen LogP contribution in [0, 0.1) is 17.3 Å². The van der Waals surface area contributed by atoms with Crippen molar-refractivity contribution in [1.29, 1.82) is 0 Å². The van der Waals surface area contributed by atoms with Crippen LogP contribution in [0.3, 0.4) is 0 Å². The normalized spacial score (nSPS) is 53.0. The van der Waals surface area contributed by atoms with E-state index in [-0.39, 0.29) is 0 Å². The second-order valence-electron chi connectivity index (χ2n) is 4.15. The number of piperidine rings is 1. The summed E-state index contributed by atoms with van der Waals surface area (Å²) >= 11 is 0. The molecular formula is C8H15N. The molecule has 0 aromatic heterocycles. The molecule has 0 spiro atoms. The first-order valence-corrected chi connectivity index (χ1v) is 3.87. The van der Waals surface area contributed by atoms with Gasteiger partial charge in [0.2, 0.25) is 0 Å². The van der Waals surface area contributed by atoms with Crippen LogP contribution in [-0.2, 0) is 0 Å². The standard InChI is InChI=1S/C8H15N/c1-5-7-6(4-9-5)8(7,2)3/h5-7,9H,4H2,1-3H3/t5-,6+,7-/m0/s1. The molecule has 0 unspecified atom stereocenters. The minimum Gasteiger partial charge on any atom is -0.314 e. The van der Waals surface area contributed by atoms with Gasteiger partial charge < -0.3 is 5.32 Å². The van der Waals surface area contributed by atoms with E-state index >= 15 is 0 Å². The zero-order valence-corrected chi connectivity index (χ0v) is 6.44. The average molecular weight is 125 g/mol. The molecule has 52 valence electrons. The summed E-state index contributed by atoms with van der Waals surface area (Å²) in [6, 6.07) is 0.782. The number of nitrogens with one attached hydrogen (secondary N) is 1. The summed E-state index contributed by atoms with van der Waals surface area (Å²) < 4.78 is 0. The van der Waals surface area contributed by atoms with Crippen LogP contribution < -0.4 is 5.32 Å². The van der Waals surface area contributed by atoms with E-state index in [2.05, 4.69) is 26.1 Å². The third-order valence-electron chi connectivity index (χ3n) is 3.34. The first-order chi connectivity index (χ1) is 4.14. The number of fused-ring (bicyclic) bond motifs is 1. The molecule has 0 amide bonds. The molecule has 1 N–H and O–H groups in total. The number of rotatable bonds is 0. The number of hydrogen-bond acceptors (Lipinski definition) is 1. The molecular weight excluding hydrogens is 110 g/mol. The predicted molar refractivity (Wildman–Crippen MR) is 38.2 cm³/mol. The fourth-order valence-corrected chi connectivity index (χ4v) is 2.61. The lowest BCUT2D eigenvalue weighted by atomic mass is 10.0. The Morgan fingerprint density at radius 1 is 1.44 bits per heavy atom. The van der Waals surface area contributed by atoms with Crippen molar-refractivity contribution in [1.82, 2.24) is 5.32 Å². The van der Waals surface area contributed by atoms with Crippen LogP contribution in [-0.4, -0.2) is 12.6 Å². The van der Waals surface area contributed by atoms with Crippen molar-refractivity contribution < 1.29 is 0 Å². The Balaban J connectivity index is 2.14. The van der Waals surface area contributed by atoms with Gasteiger partial charge in [-0.2, -0.15) is 0 Å². The molecule has 0 bridgehead atoms. The lowest BCUT2D eigenvalue weighted by Gasteiger charge is -2.13. The van der Waals surface area contributed by atoms with Gasteiger partial charge in [-0.25, -0.2) is 0 Å². The van der Waals surface area contributed by atoms with Crippen LogP contribution in [0.1, 0.15) is 20.8 Å². The second-order valence-corrected chi connectivity index (χ2v) is 4.15. The van der Waals surface area contributed by atoms with E-state index in [9.17, 15) is 0 Å². The van der Waals surface area contributed by atoms with Crippen LogP contribution in [0.5, 0.6) is 0 Å². The highest BCUT2D eigenvalue weighted by Gasteiger charge is 2.62. The highest BCUT2D eigenvalue weighted by atomic mass is 15.0. The van der Waals surface area contributed by atoms with E-state index in [1.165, 1.54) is 6.54 Å². The maximum absolute atomic E-state index is 3.47. The van der Waals surface area contributed by atoms with Gasteiger partial charge >= 0.3 is 0 Å². The first kappa shape index (κ1) is 5.72. The Labute approximate surface area is 56.8 Å². The van der Waals surface area contributed by atoms with Crippen LogP contribution in [0.4, 0.5) is 0 Å². The van der Waals surface area contributed by atoms with E-state index in [4.69, 9.17) is 0 Å². The van der Waals surface area contributed by atoms with Crippen molar-refractivity contribution in [2.45, 2.75) is 26.8 Å². The minimum atomic E-state index is 0.671. The van der Waals surface area contributed by atoms with Crippen LogP contribution in [0.15, 0.2) is 0 Å². The summed E-state index contributed by atoms with van der Waals surface area (Å²) in [6.45, 7) is 8.34. The number of hydrogen-bond donors (Lipinski definition) is 1. The fraction of sp³-hybridized carbons (Fsp3) is 1.00. The molecule has 2 rings (SSSR count). The van der Waals surface area contributed by atoms with Crippen LogP contribution in [0.2, 0.25) is 0 Å². The quantitative estimate of drug-likeness (QED) is 0.514. The minimum absolute atomic E-state index is 0.671. The zero-order valence-electron chi connectivity index (χ0n) is 6.44. The summed E-state index contributed by atoms with van der Waals surface area (Å²) in [7, 11) is 0. The van der Waals surface area contributed by atoms with Crippen molar-refractivity contribution in [3.8, 4) is 0 Å². The van der Waals surface area contributed by atoms with E-state index in [1.54, 1.807) is 0 Å². The van der Waals surface area contributed by atoms with Gasteiger partial charge in [0.05, 0.1) is 0 Å². The lowest BCUT2D eigenvalue weighted by Crippen LogP contribution is -2.27. The molecule has 1 heteroatoms. The molecule has 3 atom stereocenters. The van der Waals surface area contributed by atoms with Gasteiger partial charge in [0.25, 0.3) is 0 Å². The Hall–Kier alpha value is -0.0400. The molecule has 0 aromatic rings. The van der Waals surface area contributed by atoms with Crippen molar-refractivity contribution >= 4 is 0 Å². The van der Waals surface area contributed by atoms with Gasteiger partial charge in [0, 0.05) is 6.04 Å². The SMILES string of the molecule is C[C@@H]1NC[C@@H]2[C@H]1C2(C)C. The fourth-order valence-electron chi connectivity index (χ4n) is 2.61. The van der Waals surface area contributed by atoms with Crippen molar-refractivity contribution in [2.75, 3.05) is 6.54 Å². The van der Waals surface area contributed by atoms with E-state index in [1.807, 2.05) is 0 Å². The molecule has 1 nitrogen and oxygen atoms in total. The Morgan fingerprint density at radius 3 is 2.33 bits per heavy atom. The molecule has 0 radical (unpaired) electrons. The molecule has 1 heterocycles. The Kier molecular flexibility index (Phi) is 0.852. The second kappa shape index (κ2) is 1.34. The molecule has 2 fully saturated rings. The molecule has 9 heavy (non-hydrogen) atoms. The van der Waals surface area contributed by atoms with Crippen molar-refractivity contribution in [3.63, 3.8) is 0 Å². The van der Waals surface area contributed by atoms with Crippen molar-refractivity contribution in [3.05, 3.63) is 0 Å². The van der Waals surface area contributed by atoms with Gasteiger partial charge in [0.1, 0.15) is 0 Å². The lowest BCUT2D eigenvalue weighted by molar-refractivity contribution is 0.418. The Bertz CT molecular complexity index is 140. The van der Waals surface area contributed by atoms with Crippen molar-refractivity contribution in [2.24, 2.45) is 17.3 Å². The van der Waals surface area contributed by atoms with Crippen LogP contribution >= 0.6 is 0 Å². The first-order valence-electron chi connectivity index (χ1n) is 3.87. The maximum Gasteiger partial charge on any atom is 0.00756 e. The largest absolute Gasteiger partial charge is 0.314 e. The molecule has 2 aliphatic rings. The summed E-state index contributed by atoms with van der Waals surface area (Å²) in [5.41, 5.74) is 0.671. The van der Waals surface area contributed by atoms with Gasteiger partial charge in [0.15, 0.2) is 0 Å². The predicted octanol–water partition coefficient (Wildman–Crippen LogP) is 1.25. The smallest absolute Gasteiger partial charge is 0.00756 e. The molecule has 1 aliphatic heterocycles. The van der Waals surface area contributed by atoms with E-state index in [0.29, 0.717) is 5.41 Å². The summed E-state index contributed by atoms with van der Waals surface area (Å²) in [5, 5.41) is 3.47. The Morgan fingerprint density at radius 2 is 2.11 bits per heavy atom. The summed E-state index contributed by atoms with van der Waals surface area (Å²) in [6.07, 6.45) is 0. The zero-order chi connectivity index (χ0) is 6.65. The van der Waals surface area contributed by atoms with E-state index < -0.39 is 0 Å². The molecule has 1 saturated carbocycles. The monoisotopic (exact) mass is 125 g/mol. The third-order valence-corrected chi connectivity index (χ3v) is 3.34. The highest BCUT2D eigenvalue weighted by molar-refractivity contribution is 5.13. The van der Waals surface area contributed by atoms with E-state index in [0.717, 1.165) is 17.9 Å². The topological polar surface area (TPSA) is 12.0 Å². The van der Waals surface area contributed by atoms with Gasteiger partial charge in [-0.15, -0.1) is 0 Å². The summed E-state index contributed by atoms with van der Waals surface area (Å²) in [4.78, 5) is 0. The van der Waals surface area contributed by atoms with Gasteiger partial charge in [-0.3, -0.25) is 0 Å². The molecule has 1 aliphatic carbocycles. The summed E-state index contributed by atoms with van der Waals surface area (Å²) in [5.74, 6) is 1.98. The van der Waals surface area contributed by atoms with Gasteiger partial charge in [-0.05, 0) is 30.7 Å². The molecule has 1 saturated heterocycles. The molecule has 0 aromatic carbocycles. The maximum atomic E-state index is 3.47. The van der Waals surface area contributed by atoms with Gasteiger partial charge in [-0.1, -0.05) is 13.8 Å².